The van der Waals surface area contributed by atoms with Gasteiger partial charge in [-0.25, -0.2) is 0 Å². The lowest BCUT2D eigenvalue weighted by Crippen LogP contribution is -2.48. The Morgan fingerprint density at radius 3 is 2.17 bits per heavy atom. The van der Waals surface area contributed by atoms with Crippen LogP contribution in [0.4, 0.5) is 11.4 Å². The van der Waals surface area contributed by atoms with Crippen molar-refractivity contribution in [2.24, 2.45) is 0 Å². The van der Waals surface area contributed by atoms with Crippen LogP contribution in [0.1, 0.15) is 68.9 Å². The summed E-state index contributed by atoms with van der Waals surface area (Å²) < 4.78 is 11.4. The highest BCUT2D eigenvalue weighted by atomic mass is 16.5. The summed E-state index contributed by atoms with van der Waals surface area (Å²) in [5.41, 5.74) is 2.72. The maximum absolute atomic E-state index is 13.4. The van der Waals surface area contributed by atoms with E-state index in [1.54, 1.807) is 74.6 Å². The highest BCUT2D eigenvalue weighted by Crippen LogP contribution is 2.33. The van der Waals surface area contributed by atoms with Gasteiger partial charge >= 0.3 is 0 Å². The zero-order valence-corrected chi connectivity index (χ0v) is 26.4. The SMILES string of the molecule is Cc1occc1C(=O)Nc1ccc(C(=O)N(C)c2ccccc2Oc2ccc(C(=O)N3CCC(N4CCCCC4)CC3)cc2)cc1. The molecular formula is C37H40N4O5. The minimum absolute atomic E-state index is 0.0524. The molecule has 9 heteroatoms. The lowest BCUT2D eigenvalue weighted by molar-refractivity contribution is 0.0589. The Balaban J connectivity index is 1.06. The third-order valence-corrected chi connectivity index (χ3v) is 9.01. The van der Waals surface area contributed by atoms with E-state index in [1.807, 2.05) is 23.1 Å². The van der Waals surface area contributed by atoms with E-state index < -0.39 is 0 Å². The zero-order valence-electron chi connectivity index (χ0n) is 26.4. The van der Waals surface area contributed by atoms with Crippen LogP contribution in [0.5, 0.6) is 11.5 Å². The number of amides is 3. The van der Waals surface area contributed by atoms with Crippen molar-refractivity contribution in [1.82, 2.24) is 9.80 Å². The quantitative estimate of drug-likeness (QED) is 0.228. The lowest BCUT2D eigenvalue weighted by atomic mass is 9.99. The summed E-state index contributed by atoms with van der Waals surface area (Å²) in [6, 6.07) is 23.5. The third kappa shape index (κ3) is 7.00. The number of para-hydroxylation sites is 2. The number of likely N-dealkylation sites (tertiary alicyclic amines) is 2. The van der Waals surface area contributed by atoms with Gasteiger partial charge < -0.3 is 29.2 Å². The van der Waals surface area contributed by atoms with E-state index in [2.05, 4.69) is 10.2 Å². The van der Waals surface area contributed by atoms with Gasteiger partial charge in [-0.3, -0.25) is 14.4 Å². The van der Waals surface area contributed by atoms with E-state index in [0.29, 0.717) is 51.4 Å². The molecule has 46 heavy (non-hydrogen) atoms. The number of anilines is 2. The van der Waals surface area contributed by atoms with Gasteiger partial charge in [0, 0.05) is 43.0 Å². The number of ether oxygens (including phenoxy) is 1. The molecule has 0 unspecified atom stereocenters. The summed E-state index contributed by atoms with van der Waals surface area (Å²) in [5.74, 6) is 1.16. The second-order valence-corrected chi connectivity index (χ2v) is 12.0. The molecule has 2 saturated heterocycles. The summed E-state index contributed by atoms with van der Waals surface area (Å²) in [4.78, 5) is 45.3. The van der Waals surface area contributed by atoms with Gasteiger partial charge in [0.15, 0.2) is 5.75 Å². The van der Waals surface area contributed by atoms with Crippen molar-refractivity contribution in [3.05, 3.63) is 108 Å². The molecule has 4 aromatic rings. The smallest absolute Gasteiger partial charge is 0.259 e. The molecule has 1 N–H and O–H groups in total. The standard InChI is InChI=1S/C37H40N4O5/c1-26-32(20-25-45-26)35(42)38-29-14-10-27(11-15-29)36(43)39(2)33-8-4-5-9-34(33)46-31-16-12-28(13-17-31)37(44)41-23-18-30(19-24-41)40-21-6-3-7-22-40/h4-5,8-17,20,25,30H,3,6-7,18-19,21-24H2,1-2H3,(H,38,42). The summed E-state index contributed by atoms with van der Waals surface area (Å²) in [7, 11) is 1.69. The monoisotopic (exact) mass is 620 g/mol. The predicted octanol–water partition coefficient (Wildman–Crippen LogP) is 7.00. The minimum atomic E-state index is -0.279. The second kappa shape index (κ2) is 14.0. The van der Waals surface area contributed by atoms with Crippen molar-refractivity contribution in [3.8, 4) is 11.5 Å². The number of nitrogens with one attached hydrogen (secondary N) is 1. The fourth-order valence-corrected chi connectivity index (χ4v) is 6.33. The number of rotatable bonds is 8. The first-order valence-electron chi connectivity index (χ1n) is 16.0. The van der Waals surface area contributed by atoms with E-state index >= 15 is 0 Å². The maximum atomic E-state index is 13.4. The Morgan fingerprint density at radius 2 is 1.50 bits per heavy atom. The molecule has 2 aliphatic heterocycles. The molecule has 1 aromatic heterocycles. The van der Waals surface area contributed by atoms with E-state index in [0.717, 1.165) is 25.9 Å². The average molecular weight is 621 g/mol. The summed E-state index contributed by atoms with van der Waals surface area (Å²) in [6.45, 7) is 5.68. The highest BCUT2D eigenvalue weighted by molar-refractivity contribution is 6.08. The Morgan fingerprint density at radius 1 is 0.826 bits per heavy atom. The number of hydrogen-bond donors (Lipinski definition) is 1. The molecular weight excluding hydrogens is 580 g/mol. The van der Waals surface area contributed by atoms with Gasteiger partial charge in [-0.05, 0) is 112 Å². The third-order valence-electron chi connectivity index (χ3n) is 9.01. The summed E-state index contributed by atoms with van der Waals surface area (Å²) in [6.07, 6.45) is 7.44. The van der Waals surface area contributed by atoms with Gasteiger partial charge in [0.25, 0.3) is 17.7 Å². The molecule has 9 nitrogen and oxygen atoms in total. The molecule has 0 radical (unpaired) electrons. The van der Waals surface area contributed by atoms with Gasteiger partial charge in [-0.1, -0.05) is 18.6 Å². The Hall–Kier alpha value is -4.89. The number of aryl methyl sites for hydroxylation is 1. The number of piperidine rings is 2. The first kappa shape index (κ1) is 31.1. The van der Waals surface area contributed by atoms with Crippen LogP contribution in [0.25, 0.3) is 0 Å². The predicted molar refractivity (Wildman–Crippen MR) is 178 cm³/mol. The molecule has 0 saturated carbocycles. The molecule has 3 heterocycles. The summed E-state index contributed by atoms with van der Waals surface area (Å²) >= 11 is 0. The number of carbonyl (C=O) groups excluding carboxylic acids is 3. The van der Waals surface area contributed by atoms with E-state index in [-0.39, 0.29) is 17.7 Å². The fourth-order valence-electron chi connectivity index (χ4n) is 6.33. The normalized spacial score (nSPS) is 15.7. The highest BCUT2D eigenvalue weighted by Gasteiger charge is 2.28. The van der Waals surface area contributed by atoms with E-state index in [4.69, 9.17) is 9.15 Å². The largest absolute Gasteiger partial charge is 0.469 e. The van der Waals surface area contributed by atoms with E-state index in [1.165, 1.54) is 43.5 Å². The van der Waals surface area contributed by atoms with Gasteiger partial charge in [0.05, 0.1) is 17.5 Å². The number of nitrogens with zero attached hydrogens (tertiary/aromatic N) is 3. The zero-order chi connectivity index (χ0) is 32.0. The van der Waals surface area contributed by atoms with Crippen molar-refractivity contribution in [2.75, 3.05) is 43.4 Å². The number of furan rings is 1. The lowest BCUT2D eigenvalue weighted by Gasteiger charge is -2.40. The first-order valence-corrected chi connectivity index (χ1v) is 16.0. The van der Waals surface area contributed by atoms with Crippen molar-refractivity contribution < 1.29 is 23.5 Å². The maximum Gasteiger partial charge on any atom is 0.259 e. The van der Waals surface area contributed by atoms with Gasteiger partial charge in [0.2, 0.25) is 0 Å². The average Bonchev–Trinajstić information content (AvgIpc) is 3.54. The molecule has 0 bridgehead atoms. The second-order valence-electron chi connectivity index (χ2n) is 12.0. The topological polar surface area (TPSA) is 95.3 Å². The van der Waals surface area contributed by atoms with Crippen LogP contribution >= 0.6 is 0 Å². The van der Waals surface area contributed by atoms with Crippen molar-refractivity contribution in [2.45, 2.75) is 45.1 Å². The molecule has 0 atom stereocenters. The molecule has 0 spiro atoms. The van der Waals surface area contributed by atoms with Crippen LogP contribution in [0.2, 0.25) is 0 Å². The van der Waals surface area contributed by atoms with Crippen LogP contribution in [-0.4, -0.2) is 66.8 Å². The van der Waals surface area contributed by atoms with Gasteiger partial charge in [-0.15, -0.1) is 0 Å². The molecule has 2 fully saturated rings. The van der Waals surface area contributed by atoms with Crippen LogP contribution < -0.4 is 15.0 Å². The van der Waals surface area contributed by atoms with Gasteiger partial charge in [0.1, 0.15) is 11.5 Å². The molecule has 6 rings (SSSR count). The van der Waals surface area contributed by atoms with Crippen molar-refractivity contribution in [1.29, 1.82) is 0 Å². The van der Waals surface area contributed by atoms with Crippen LogP contribution in [0.15, 0.2) is 89.5 Å². The van der Waals surface area contributed by atoms with Crippen LogP contribution in [0.3, 0.4) is 0 Å². The van der Waals surface area contributed by atoms with Crippen molar-refractivity contribution in [3.63, 3.8) is 0 Å². The molecule has 238 valence electrons. The molecule has 3 aromatic carbocycles. The Kier molecular flexibility index (Phi) is 9.49. The van der Waals surface area contributed by atoms with Crippen LogP contribution in [0, 0.1) is 6.92 Å². The Labute approximate surface area is 269 Å². The Bertz CT molecular complexity index is 1670. The minimum Gasteiger partial charge on any atom is -0.469 e. The van der Waals surface area contributed by atoms with Gasteiger partial charge in [-0.2, -0.15) is 0 Å². The van der Waals surface area contributed by atoms with Crippen molar-refractivity contribution >= 4 is 29.1 Å². The fraction of sp³-hybridized carbons (Fsp3) is 0.324. The molecule has 2 aliphatic rings. The summed E-state index contributed by atoms with van der Waals surface area (Å²) in [5, 5.41) is 2.82. The van der Waals surface area contributed by atoms with Crippen LogP contribution in [-0.2, 0) is 0 Å². The first-order chi connectivity index (χ1) is 22.4. The number of hydrogen-bond acceptors (Lipinski definition) is 6. The van der Waals surface area contributed by atoms with E-state index in [9.17, 15) is 14.4 Å². The molecule has 0 aliphatic carbocycles. The number of carbonyl (C=O) groups is 3. The molecule has 3 amide bonds. The number of benzene rings is 3.